The highest BCUT2D eigenvalue weighted by Crippen LogP contribution is 2.38. The summed E-state index contributed by atoms with van der Waals surface area (Å²) in [6.45, 7) is 4.52. The Morgan fingerprint density at radius 2 is 1.22 bits per heavy atom. The number of unbranched alkanes of at least 4 members (excludes halogenated alkanes) is 16. The fourth-order valence-corrected chi connectivity index (χ4v) is 5.99. The molecule has 50 heavy (non-hydrogen) atoms. The van der Waals surface area contributed by atoms with Crippen molar-refractivity contribution >= 4 is 13.7 Å². The zero-order chi connectivity index (χ0) is 37.2. The van der Waals surface area contributed by atoms with Crippen LogP contribution in [0.3, 0.4) is 0 Å². The third-order valence-electron chi connectivity index (χ3n) is 8.49. The van der Waals surface area contributed by atoms with E-state index in [-0.39, 0.29) is 12.5 Å². The SMILES string of the molecule is CCC/C=C\C/C=C\CCCCCCCC(=O)NC(COP(=O)([O-])OCC[N+](C)(C)C)C(O)/C=C/CC/C=C/CCCCCCCCCCC. The van der Waals surface area contributed by atoms with Gasteiger partial charge in [-0.2, -0.15) is 0 Å². The van der Waals surface area contributed by atoms with E-state index in [4.69, 9.17) is 9.05 Å². The Morgan fingerprint density at radius 3 is 1.82 bits per heavy atom. The minimum Gasteiger partial charge on any atom is -0.756 e. The summed E-state index contributed by atoms with van der Waals surface area (Å²) in [4.78, 5) is 25.2. The van der Waals surface area contributed by atoms with Crippen LogP contribution in [0.15, 0.2) is 48.6 Å². The maximum absolute atomic E-state index is 12.8. The lowest BCUT2D eigenvalue weighted by Crippen LogP contribution is -2.45. The van der Waals surface area contributed by atoms with Crippen molar-refractivity contribution in [2.24, 2.45) is 0 Å². The third-order valence-corrected chi connectivity index (χ3v) is 9.46. The molecule has 1 amide bonds. The highest BCUT2D eigenvalue weighted by atomic mass is 31.2. The van der Waals surface area contributed by atoms with Gasteiger partial charge in [0.05, 0.1) is 39.9 Å². The number of aliphatic hydroxyl groups excluding tert-OH is 1. The van der Waals surface area contributed by atoms with Crippen LogP contribution >= 0.6 is 7.82 Å². The third kappa shape index (κ3) is 34.9. The number of phosphoric ester groups is 1. The molecular weight excluding hydrogens is 647 g/mol. The van der Waals surface area contributed by atoms with E-state index < -0.39 is 26.6 Å². The molecule has 8 nitrogen and oxygen atoms in total. The van der Waals surface area contributed by atoms with Crippen molar-refractivity contribution in [2.75, 3.05) is 40.9 Å². The van der Waals surface area contributed by atoms with Crippen LogP contribution in [-0.4, -0.2) is 68.5 Å². The van der Waals surface area contributed by atoms with Crippen LogP contribution in [0.1, 0.15) is 155 Å². The van der Waals surface area contributed by atoms with Gasteiger partial charge in [-0.1, -0.05) is 140 Å². The van der Waals surface area contributed by atoms with Crippen molar-refractivity contribution in [1.82, 2.24) is 5.32 Å². The number of nitrogens with zero attached hydrogens (tertiary/aromatic N) is 1. The summed E-state index contributed by atoms with van der Waals surface area (Å²) in [5.41, 5.74) is 0. The molecule has 9 heteroatoms. The largest absolute Gasteiger partial charge is 0.756 e. The summed E-state index contributed by atoms with van der Waals surface area (Å²) < 4.78 is 23.1. The van der Waals surface area contributed by atoms with E-state index in [9.17, 15) is 19.4 Å². The average molecular weight is 725 g/mol. The number of aliphatic hydroxyl groups is 1. The van der Waals surface area contributed by atoms with Gasteiger partial charge in [0.2, 0.25) is 5.91 Å². The number of nitrogens with one attached hydrogen (secondary N) is 1. The van der Waals surface area contributed by atoms with Gasteiger partial charge in [0, 0.05) is 6.42 Å². The first-order valence-corrected chi connectivity index (χ1v) is 21.5. The summed E-state index contributed by atoms with van der Waals surface area (Å²) in [7, 11) is 1.22. The number of allylic oxidation sites excluding steroid dienone is 7. The molecule has 2 N–H and O–H groups in total. The standard InChI is InChI=1S/C41H77N2O6P/c1-6-8-10-12-14-16-18-20-21-23-24-26-28-30-32-34-40(44)39(38-49-50(46,47)48-37-36-43(3,4)5)42-41(45)35-33-31-29-27-25-22-19-17-15-13-11-9-7-2/h11,13,17,19,24,26,32,34,39-40,44H,6-10,12,14-16,18,20-23,25,27-31,33,35-38H2,1-5H3,(H-,42,45,46,47)/b13-11-,19-17-,26-24+,34-32+. The van der Waals surface area contributed by atoms with Crippen LogP contribution in [0, 0.1) is 0 Å². The minimum absolute atomic E-state index is 0.0108. The number of carbonyl (C=O) groups excluding carboxylic acids is 1. The molecule has 0 aromatic heterocycles. The van der Waals surface area contributed by atoms with Gasteiger partial charge >= 0.3 is 0 Å². The second-order valence-electron chi connectivity index (χ2n) is 14.6. The molecule has 0 aliphatic carbocycles. The lowest BCUT2D eigenvalue weighted by atomic mass is 10.1. The first-order valence-electron chi connectivity index (χ1n) is 20.0. The number of amides is 1. The van der Waals surface area contributed by atoms with E-state index in [0.717, 1.165) is 70.6 Å². The molecule has 0 radical (unpaired) electrons. The fourth-order valence-electron chi connectivity index (χ4n) is 5.26. The summed E-state index contributed by atoms with van der Waals surface area (Å²) in [5, 5.41) is 13.7. The van der Waals surface area contributed by atoms with Crippen LogP contribution in [0.4, 0.5) is 0 Å². The highest BCUT2D eigenvalue weighted by Gasteiger charge is 2.23. The first kappa shape index (κ1) is 48.5. The number of rotatable bonds is 35. The summed E-state index contributed by atoms with van der Waals surface area (Å²) in [5.74, 6) is -0.226. The normalized spacial score (nSPS) is 15.1. The van der Waals surface area contributed by atoms with Crippen LogP contribution in [0.25, 0.3) is 0 Å². The molecule has 0 rings (SSSR count). The molecule has 3 atom stereocenters. The van der Waals surface area contributed by atoms with E-state index in [1.807, 2.05) is 27.2 Å². The van der Waals surface area contributed by atoms with Gasteiger partial charge in [0.1, 0.15) is 13.2 Å². The molecule has 0 aromatic carbocycles. The Bertz CT molecular complexity index is 959. The monoisotopic (exact) mass is 725 g/mol. The van der Waals surface area contributed by atoms with Gasteiger partial charge in [0.25, 0.3) is 7.82 Å². The molecule has 3 unspecified atom stereocenters. The molecule has 0 bridgehead atoms. The van der Waals surface area contributed by atoms with E-state index in [1.165, 1.54) is 64.2 Å². The van der Waals surface area contributed by atoms with Crippen molar-refractivity contribution in [3.63, 3.8) is 0 Å². The van der Waals surface area contributed by atoms with E-state index in [0.29, 0.717) is 17.4 Å². The quantitative estimate of drug-likeness (QED) is 0.0292. The van der Waals surface area contributed by atoms with Gasteiger partial charge < -0.3 is 28.8 Å². The van der Waals surface area contributed by atoms with E-state index in [2.05, 4.69) is 55.6 Å². The molecule has 0 aromatic rings. The van der Waals surface area contributed by atoms with Crippen molar-refractivity contribution in [1.29, 1.82) is 0 Å². The van der Waals surface area contributed by atoms with Crippen LogP contribution in [0.5, 0.6) is 0 Å². The number of phosphoric acid groups is 1. The molecule has 0 spiro atoms. The van der Waals surface area contributed by atoms with E-state index >= 15 is 0 Å². The summed E-state index contributed by atoms with van der Waals surface area (Å²) in [6, 6.07) is -0.909. The maximum atomic E-state index is 12.8. The lowest BCUT2D eigenvalue weighted by molar-refractivity contribution is -0.870. The van der Waals surface area contributed by atoms with Crippen molar-refractivity contribution < 1.29 is 32.9 Å². The van der Waals surface area contributed by atoms with Gasteiger partial charge in [-0.15, -0.1) is 0 Å². The smallest absolute Gasteiger partial charge is 0.268 e. The Hall–Kier alpha value is -1.54. The predicted molar refractivity (Wildman–Crippen MR) is 210 cm³/mol. The molecule has 0 saturated carbocycles. The molecule has 0 heterocycles. The lowest BCUT2D eigenvalue weighted by Gasteiger charge is -2.29. The molecule has 0 fully saturated rings. The second-order valence-corrected chi connectivity index (χ2v) is 16.0. The summed E-state index contributed by atoms with van der Waals surface area (Å²) in [6.07, 6.45) is 40.1. The Kier molecular flexibility index (Phi) is 32.3. The molecule has 292 valence electrons. The number of carbonyl (C=O) groups is 1. The highest BCUT2D eigenvalue weighted by molar-refractivity contribution is 7.45. The van der Waals surface area contributed by atoms with Gasteiger partial charge in [0.15, 0.2) is 0 Å². The van der Waals surface area contributed by atoms with Gasteiger partial charge in [-0.3, -0.25) is 9.36 Å². The maximum Gasteiger partial charge on any atom is 0.268 e. The average Bonchev–Trinajstić information content (AvgIpc) is 3.06. The first-order chi connectivity index (χ1) is 24.0. The predicted octanol–water partition coefficient (Wildman–Crippen LogP) is 9.89. The summed E-state index contributed by atoms with van der Waals surface area (Å²) >= 11 is 0. The molecular formula is C41H77N2O6P. The van der Waals surface area contributed by atoms with Crippen LogP contribution < -0.4 is 10.2 Å². The Morgan fingerprint density at radius 1 is 0.700 bits per heavy atom. The molecule has 0 aliphatic heterocycles. The Balaban J connectivity index is 4.60. The van der Waals surface area contributed by atoms with Crippen molar-refractivity contribution in [2.45, 2.75) is 167 Å². The van der Waals surface area contributed by atoms with Crippen molar-refractivity contribution in [3.05, 3.63) is 48.6 Å². The van der Waals surface area contributed by atoms with Crippen LogP contribution in [0.2, 0.25) is 0 Å². The van der Waals surface area contributed by atoms with Gasteiger partial charge in [-0.25, -0.2) is 0 Å². The number of hydrogen-bond donors (Lipinski definition) is 2. The number of quaternary nitrogens is 1. The molecule has 0 aliphatic rings. The molecule has 0 saturated heterocycles. The zero-order valence-corrected chi connectivity index (χ0v) is 33.7. The van der Waals surface area contributed by atoms with E-state index in [1.54, 1.807) is 6.08 Å². The van der Waals surface area contributed by atoms with Crippen molar-refractivity contribution in [3.8, 4) is 0 Å². The topological polar surface area (TPSA) is 108 Å². The Labute approximate surface area is 308 Å². The fraction of sp³-hybridized carbons (Fsp3) is 0.780. The number of hydrogen-bond acceptors (Lipinski definition) is 6. The van der Waals surface area contributed by atoms with Crippen LogP contribution in [-0.2, 0) is 18.4 Å². The number of likely N-dealkylation sites (N-methyl/N-ethyl adjacent to an activating group) is 1. The zero-order valence-electron chi connectivity index (χ0n) is 32.8. The second kappa shape index (κ2) is 33.3. The van der Waals surface area contributed by atoms with Gasteiger partial charge in [-0.05, 0) is 57.8 Å². The minimum atomic E-state index is -4.59.